The van der Waals surface area contributed by atoms with Gasteiger partial charge in [-0.2, -0.15) is 0 Å². The molecule has 8 heteroatoms. The van der Waals surface area contributed by atoms with Crippen molar-refractivity contribution in [3.05, 3.63) is 48.3 Å². The predicted molar refractivity (Wildman–Crippen MR) is 101 cm³/mol. The normalized spacial score (nSPS) is 15.2. The highest BCUT2D eigenvalue weighted by Gasteiger charge is 2.24. The summed E-state index contributed by atoms with van der Waals surface area (Å²) in [6.07, 6.45) is 4.04. The Bertz CT molecular complexity index is 704. The molecule has 0 radical (unpaired) electrons. The molecular weight excluding hydrogens is 348 g/mol. The van der Waals surface area contributed by atoms with E-state index in [9.17, 15) is 4.79 Å². The van der Waals surface area contributed by atoms with Gasteiger partial charge in [-0.3, -0.25) is 9.79 Å². The lowest BCUT2D eigenvalue weighted by atomic mass is 10.3. The average molecular weight is 374 g/mol. The van der Waals surface area contributed by atoms with Crippen LogP contribution in [0.2, 0.25) is 0 Å². The van der Waals surface area contributed by atoms with E-state index in [1.807, 2.05) is 17.0 Å². The molecule has 0 spiro atoms. The lowest BCUT2D eigenvalue weighted by molar-refractivity contribution is 0.0657. The monoisotopic (exact) mass is 374 g/mol. The Balaban J connectivity index is 1.33. The smallest absolute Gasteiger partial charge is 0.289 e. The molecule has 1 amide bonds. The molecule has 0 aromatic carbocycles. The van der Waals surface area contributed by atoms with Crippen molar-refractivity contribution in [2.75, 3.05) is 46.4 Å². The van der Waals surface area contributed by atoms with Crippen LogP contribution in [0.4, 0.5) is 0 Å². The summed E-state index contributed by atoms with van der Waals surface area (Å²) in [6.45, 7) is 4.68. The topological polar surface area (TPSA) is 83.5 Å². The van der Waals surface area contributed by atoms with Crippen LogP contribution >= 0.6 is 0 Å². The molecule has 3 rings (SSSR count). The molecule has 1 N–H and O–H groups in total. The van der Waals surface area contributed by atoms with Gasteiger partial charge >= 0.3 is 0 Å². The van der Waals surface area contributed by atoms with E-state index in [2.05, 4.69) is 15.2 Å². The van der Waals surface area contributed by atoms with Gasteiger partial charge in [0.2, 0.25) is 0 Å². The second-order valence-electron chi connectivity index (χ2n) is 6.22. The molecule has 0 aliphatic carbocycles. The molecular formula is C19H26N4O4. The largest absolute Gasteiger partial charge is 0.467 e. The summed E-state index contributed by atoms with van der Waals surface area (Å²) < 4.78 is 16.0. The zero-order valence-electron chi connectivity index (χ0n) is 15.6. The van der Waals surface area contributed by atoms with Crippen LogP contribution in [0.3, 0.4) is 0 Å². The molecule has 3 heterocycles. The molecule has 2 aromatic heterocycles. The molecule has 27 heavy (non-hydrogen) atoms. The Labute approximate surface area is 158 Å². The molecule has 146 valence electrons. The van der Waals surface area contributed by atoms with Gasteiger partial charge in [-0.05, 0) is 30.7 Å². The minimum Gasteiger partial charge on any atom is -0.467 e. The van der Waals surface area contributed by atoms with E-state index in [-0.39, 0.29) is 5.91 Å². The number of guanidine groups is 1. The maximum absolute atomic E-state index is 12.3. The van der Waals surface area contributed by atoms with Crippen molar-refractivity contribution in [3.8, 4) is 0 Å². The number of ether oxygens (including phenoxy) is 1. The SMILES string of the molecule is CN=C(NCCCOCc1ccco1)N1CCN(C(=O)c2ccco2)CC1. The van der Waals surface area contributed by atoms with Crippen LogP contribution in [0.15, 0.2) is 50.6 Å². The fraction of sp³-hybridized carbons (Fsp3) is 0.474. The first kappa shape index (κ1) is 19.0. The molecule has 0 atom stereocenters. The van der Waals surface area contributed by atoms with Crippen molar-refractivity contribution in [3.63, 3.8) is 0 Å². The van der Waals surface area contributed by atoms with Crippen LogP contribution in [0.25, 0.3) is 0 Å². The van der Waals surface area contributed by atoms with E-state index in [1.165, 1.54) is 6.26 Å². The van der Waals surface area contributed by atoms with Gasteiger partial charge in [0.05, 0.1) is 12.5 Å². The Kier molecular flexibility index (Phi) is 6.92. The number of amides is 1. The van der Waals surface area contributed by atoms with Crippen molar-refractivity contribution < 1.29 is 18.4 Å². The van der Waals surface area contributed by atoms with Crippen LogP contribution in [0.5, 0.6) is 0 Å². The zero-order chi connectivity index (χ0) is 18.9. The Hall–Kier alpha value is -2.74. The number of hydrogen-bond donors (Lipinski definition) is 1. The Morgan fingerprint density at radius 3 is 2.56 bits per heavy atom. The van der Waals surface area contributed by atoms with E-state index in [0.29, 0.717) is 32.1 Å². The van der Waals surface area contributed by atoms with Gasteiger partial charge in [-0.15, -0.1) is 0 Å². The highest BCUT2D eigenvalue weighted by atomic mass is 16.5. The number of aliphatic imine (C=N–C) groups is 1. The number of carbonyl (C=O) groups excluding carboxylic acids is 1. The van der Waals surface area contributed by atoms with Crippen molar-refractivity contribution >= 4 is 11.9 Å². The second-order valence-corrected chi connectivity index (χ2v) is 6.22. The van der Waals surface area contributed by atoms with Crippen molar-refractivity contribution in [2.45, 2.75) is 13.0 Å². The molecule has 1 aliphatic heterocycles. The molecule has 1 saturated heterocycles. The number of furan rings is 2. The fourth-order valence-electron chi connectivity index (χ4n) is 2.95. The van der Waals surface area contributed by atoms with E-state index in [0.717, 1.165) is 37.8 Å². The molecule has 2 aromatic rings. The van der Waals surface area contributed by atoms with Crippen molar-refractivity contribution in [1.82, 2.24) is 15.1 Å². The van der Waals surface area contributed by atoms with Crippen LogP contribution in [0.1, 0.15) is 22.7 Å². The second kappa shape index (κ2) is 9.82. The highest BCUT2D eigenvalue weighted by molar-refractivity contribution is 5.91. The van der Waals surface area contributed by atoms with Gasteiger partial charge in [-0.25, -0.2) is 0 Å². The standard InChI is InChI=1S/C19H26N4O4/c1-20-19(21-7-4-12-25-15-16-5-2-13-26-16)23-10-8-22(9-11-23)18(24)17-6-3-14-27-17/h2-3,5-6,13-14H,4,7-12,15H2,1H3,(H,20,21). The van der Waals surface area contributed by atoms with Crippen LogP contribution in [-0.4, -0.2) is 68.0 Å². The summed E-state index contributed by atoms with van der Waals surface area (Å²) in [5, 5.41) is 3.35. The number of nitrogens with one attached hydrogen (secondary N) is 1. The highest BCUT2D eigenvalue weighted by Crippen LogP contribution is 2.09. The molecule has 0 bridgehead atoms. The maximum Gasteiger partial charge on any atom is 0.289 e. The van der Waals surface area contributed by atoms with Gasteiger partial charge in [-0.1, -0.05) is 0 Å². The first-order valence-electron chi connectivity index (χ1n) is 9.16. The summed E-state index contributed by atoms with van der Waals surface area (Å²) in [6, 6.07) is 7.18. The minimum atomic E-state index is -0.0590. The third kappa shape index (κ3) is 5.37. The predicted octanol–water partition coefficient (Wildman–Crippen LogP) is 1.81. The lowest BCUT2D eigenvalue weighted by Crippen LogP contribution is -2.53. The quantitative estimate of drug-likeness (QED) is 0.452. The third-order valence-electron chi connectivity index (χ3n) is 4.38. The zero-order valence-corrected chi connectivity index (χ0v) is 15.6. The molecule has 0 saturated carbocycles. The number of nitrogens with zero attached hydrogens (tertiary/aromatic N) is 3. The summed E-state index contributed by atoms with van der Waals surface area (Å²) in [7, 11) is 1.77. The van der Waals surface area contributed by atoms with Crippen LogP contribution in [0, 0.1) is 0 Å². The number of rotatable bonds is 7. The average Bonchev–Trinajstić information content (AvgIpc) is 3.41. The fourth-order valence-corrected chi connectivity index (χ4v) is 2.95. The number of carbonyl (C=O) groups is 1. The van der Waals surface area contributed by atoms with Crippen molar-refractivity contribution in [1.29, 1.82) is 0 Å². The van der Waals surface area contributed by atoms with E-state index < -0.39 is 0 Å². The lowest BCUT2D eigenvalue weighted by Gasteiger charge is -2.36. The van der Waals surface area contributed by atoms with E-state index in [4.69, 9.17) is 13.6 Å². The van der Waals surface area contributed by atoms with Gasteiger partial charge in [0.15, 0.2) is 11.7 Å². The molecule has 0 unspecified atom stereocenters. The molecule has 1 aliphatic rings. The van der Waals surface area contributed by atoms with Crippen molar-refractivity contribution in [2.24, 2.45) is 4.99 Å². The van der Waals surface area contributed by atoms with Crippen LogP contribution < -0.4 is 5.32 Å². The van der Waals surface area contributed by atoms with Gasteiger partial charge in [0.1, 0.15) is 12.4 Å². The Morgan fingerprint density at radius 1 is 1.15 bits per heavy atom. The first-order chi connectivity index (χ1) is 13.3. The summed E-state index contributed by atoms with van der Waals surface area (Å²) in [5.74, 6) is 2.02. The number of piperazine rings is 1. The number of hydrogen-bond acceptors (Lipinski definition) is 5. The Morgan fingerprint density at radius 2 is 1.89 bits per heavy atom. The van der Waals surface area contributed by atoms with E-state index >= 15 is 0 Å². The summed E-state index contributed by atoms with van der Waals surface area (Å²) >= 11 is 0. The first-order valence-corrected chi connectivity index (χ1v) is 9.16. The molecule has 1 fully saturated rings. The summed E-state index contributed by atoms with van der Waals surface area (Å²) in [5.41, 5.74) is 0. The van der Waals surface area contributed by atoms with Crippen LogP contribution in [-0.2, 0) is 11.3 Å². The molecule has 8 nitrogen and oxygen atoms in total. The third-order valence-corrected chi connectivity index (χ3v) is 4.38. The minimum absolute atomic E-state index is 0.0590. The van der Waals surface area contributed by atoms with Gasteiger partial charge in [0.25, 0.3) is 5.91 Å². The van der Waals surface area contributed by atoms with Gasteiger partial charge < -0.3 is 28.7 Å². The maximum atomic E-state index is 12.3. The van der Waals surface area contributed by atoms with Gasteiger partial charge in [0, 0.05) is 46.4 Å². The summed E-state index contributed by atoms with van der Waals surface area (Å²) in [4.78, 5) is 20.6. The van der Waals surface area contributed by atoms with E-state index in [1.54, 1.807) is 25.4 Å².